The highest BCUT2D eigenvalue weighted by molar-refractivity contribution is 5.92. The second-order valence-electron chi connectivity index (χ2n) is 3.46. The zero-order chi connectivity index (χ0) is 13.7. The molecule has 0 aliphatic heterocycles. The second kappa shape index (κ2) is 5.66. The van der Waals surface area contributed by atoms with Gasteiger partial charge in [0.25, 0.3) is 0 Å². The number of carbonyl (C=O) groups excluding carboxylic acids is 1. The number of aryl methyl sites for hydroxylation is 1. The minimum atomic E-state index is -1.49. The molecule has 18 heavy (non-hydrogen) atoms. The van der Waals surface area contributed by atoms with Crippen molar-refractivity contribution in [1.82, 2.24) is 15.1 Å². The van der Waals surface area contributed by atoms with Crippen LogP contribution in [0.3, 0.4) is 0 Å². The lowest BCUT2D eigenvalue weighted by Crippen LogP contribution is -2.44. The Morgan fingerprint density at radius 3 is 2.56 bits per heavy atom. The first kappa shape index (κ1) is 13.5. The molecule has 1 unspecified atom stereocenters. The fraction of sp³-hybridized carbons (Fsp3) is 0.333. The summed E-state index contributed by atoms with van der Waals surface area (Å²) >= 11 is 0. The first-order valence-electron chi connectivity index (χ1n) is 4.90. The molecular weight excluding hydrogens is 244 g/mol. The quantitative estimate of drug-likeness (QED) is 0.559. The van der Waals surface area contributed by atoms with Crippen LogP contribution >= 0.6 is 0 Å². The Labute approximate surface area is 101 Å². The van der Waals surface area contributed by atoms with Crippen molar-refractivity contribution in [2.45, 2.75) is 12.5 Å². The van der Waals surface area contributed by atoms with Gasteiger partial charge in [-0.2, -0.15) is 5.10 Å². The molecule has 4 N–H and O–H groups in total. The van der Waals surface area contributed by atoms with E-state index in [1.807, 2.05) is 5.32 Å². The van der Waals surface area contributed by atoms with Gasteiger partial charge in [-0.25, -0.2) is 9.59 Å². The molecule has 0 spiro atoms. The van der Waals surface area contributed by atoms with Gasteiger partial charge >= 0.3 is 18.0 Å². The van der Waals surface area contributed by atoms with Crippen LogP contribution in [0.1, 0.15) is 6.42 Å². The maximum Gasteiger partial charge on any atom is 0.326 e. The van der Waals surface area contributed by atoms with Gasteiger partial charge in [0.15, 0.2) is 5.82 Å². The summed E-state index contributed by atoms with van der Waals surface area (Å²) in [6, 6.07) is -0.819. The Morgan fingerprint density at radius 2 is 2.11 bits per heavy atom. The van der Waals surface area contributed by atoms with Crippen LogP contribution in [-0.4, -0.2) is 44.0 Å². The van der Waals surface area contributed by atoms with Crippen molar-refractivity contribution >= 4 is 23.8 Å². The van der Waals surface area contributed by atoms with E-state index in [2.05, 4.69) is 10.4 Å². The van der Waals surface area contributed by atoms with Gasteiger partial charge in [0.2, 0.25) is 0 Å². The number of aromatic nitrogens is 2. The summed E-state index contributed by atoms with van der Waals surface area (Å²) in [5.41, 5.74) is 0. The van der Waals surface area contributed by atoms with E-state index >= 15 is 0 Å². The van der Waals surface area contributed by atoms with Crippen molar-refractivity contribution in [2.75, 3.05) is 5.32 Å². The predicted molar refractivity (Wildman–Crippen MR) is 59.0 cm³/mol. The Balaban J connectivity index is 2.56. The molecule has 9 heteroatoms. The lowest BCUT2D eigenvalue weighted by Gasteiger charge is -2.12. The van der Waals surface area contributed by atoms with Gasteiger partial charge < -0.3 is 15.5 Å². The van der Waals surface area contributed by atoms with E-state index in [-0.39, 0.29) is 5.82 Å². The molecule has 0 fully saturated rings. The van der Waals surface area contributed by atoms with E-state index < -0.39 is 30.4 Å². The fourth-order valence-corrected chi connectivity index (χ4v) is 1.17. The number of nitrogens with one attached hydrogen (secondary N) is 2. The number of rotatable bonds is 5. The molecule has 1 rings (SSSR count). The van der Waals surface area contributed by atoms with Gasteiger partial charge in [0.05, 0.1) is 6.42 Å². The molecule has 0 aliphatic carbocycles. The van der Waals surface area contributed by atoms with E-state index in [4.69, 9.17) is 10.2 Å². The minimum Gasteiger partial charge on any atom is -0.481 e. The molecule has 1 atom stereocenters. The monoisotopic (exact) mass is 256 g/mol. The first-order chi connectivity index (χ1) is 8.38. The smallest absolute Gasteiger partial charge is 0.326 e. The Hall–Kier alpha value is -2.58. The molecule has 9 nitrogen and oxygen atoms in total. The summed E-state index contributed by atoms with van der Waals surface area (Å²) in [7, 11) is 1.65. The van der Waals surface area contributed by atoms with E-state index in [1.54, 1.807) is 13.2 Å². The third kappa shape index (κ3) is 4.12. The molecule has 0 aliphatic rings. The van der Waals surface area contributed by atoms with Crippen LogP contribution in [0.15, 0.2) is 12.3 Å². The van der Waals surface area contributed by atoms with E-state index in [0.717, 1.165) is 0 Å². The van der Waals surface area contributed by atoms with Gasteiger partial charge in [-0.05, 0) is 0 Å². The van der Waals surface area contributed by atoms with Crippen LogP contribution in [0.25, 0.3) is 0 Å². The van der Waals surface area contributed by atoms with Gasteiger partial charge in [-0.3, -0.25) is 14.8 Å². The van der Waals surface area contributed by atoms with E-state index in [1.165, 1.54) is 10.7 Å². The van der Waals surface area contributed by atoms with E-state index in [9.17, 15) is 14.4 Å². The summed E-state index contributed by atoms with van der Waals surface area (Å²) in [5.74, 6) is -2.51. The number of carbonyl (C=O) groups is 3. The molecule has 1 heterocycles. The number of carboxylic acids is 2. The number of anilines is 1. The summed E-state index contributed by atoms with van der Waals surface area (Å²) in [6.45, 7) is 0. The number of hydrogen-bond donors (Lipinski definition) is 4. The molecule has 0 saturated carbocycles. The summed E-state index contributed by atoms with van der Waals surface area (Å²) in [4.78, 5) is 32.5. The van der Waals surface area contributed by atoms with Crippen LogP contribution < -0.4 is 10.6 Å². The summed E-state index contributed by atoms with van der Waals surface area (Å²) in [6.07, 6.45) is 0.881. The molecule has 0 aromatic carbocycles. The average molecular weight is 256 g/mol. The predicted octanol–water partition coefficient (Wildman–Crippen LogP) is -0.530. The van der Waals surface area contributed by atoms with Crippen molar-refractivity contribution in [3.05, 3.63) is 12.3 Å². The third-order valence-electron chi connectivity index (χ3n) is 1.94. The molecule has 1 aromatic heterocycles. The highest BCUT2D eigenvalue weighted by Crippen LogP contribution is 2.01. The maximum absolute atomic E-state index is 11.4. The lowest BCUT2D eigenvalue weighted by atomic mass is 10.2. The largest absolute Gasteiger partial charge is 0.481 e. The van der Waals surface area contributed by atoms with Crippen LogP contribution in [-0.2, 0) is 16.6 Å². The first-order valence-corrected chi connectivity index (χ1v) is 4.90. The van der Waals surface area contributed by atoms with Crippen LogP contribution in [0, 0.1) is 0 Å². The van der Waals surface area contributed by atoms with Gasteiger partial charge in [-0.1, -0.05) is 0 Å². The van der Waals surface area contributed by atoms with Crippen molar-refractivity contribution < 1.29 is 24.6 Å². The highest BCUT2D eigenvalue weighted by atomic mass is 16.4. The molecule has 0 bridgehead atoms. The molecule has 0 saturated heterocycles. The molecule has 2 amide bonds. The number of carboxylic acid groups (broad SMARTS) is 2. The minimum absolute atomic E-state index is 0.231. The third-order valence-corrected chi connectivity index (χ3v) is 1.94. The Bertz CT molecular complexity index is 469. The Morgan fingerprint density at radius 1 is 1.44 bits per heavy atom. The SMILES string of the molecule is Cn1ccc(NC(=O)NC(CC(=O)O)C(=O)O)n1. The maximum atomic E-state index is 11.4. The Kier molecular flexibility index (Phi) is 4.24. The standard InChI is InChI=1S/C9H12N4O5/c1-13-3-2-6(12-13)11-9(18)10-5(8(16)17)4-7(14)15/h2-3,5H,4H2,1H3,(H,14,15)(H,16,17)(H2,10,11,12,18). The van der Waals surface area contributed by atoms with Crippen LogP contribution in [0.2, 0.25) is 0 Å². The van der Waals surface area contributed by atoms with Gasteiger partial charge in [0.1, 0.15) is 6.04 Å². The molecule has 98 valence electrons. The van der Waals surface area contributed by atoms with Gasteiger partial charge in [0, 0.05) is 19.3 Å². The summed E-state index contributed by atoms with van der Waals surface area (Å²) < 4.78 is 1.45. The molecule has 0 radical (unpaired) electrons. The average Bonchev–Trinajstić information content (AvgIpc) is 2.62. The number of nitrogens with zero attached hydrogens (tertiary/aromatic N) is 2. The number of amides is 2. The van der Waals surface area contributed by atoms with Crippen molar-refractivity contribution in [3.8, 4) is 0 Å². The van der Waals surface area contributed by atoms with Crippen molar-refractivity contribution in [2.24, 2.45) is 7.05 Å². The number of aliphatic carboxylic acids is 2. The molecular formula is C9H12N4O5. The van der Waals surface area contributed by atoms with Crippen molar-refractivity contribution in [3.63, 3.8) is 0 Å². The van der Waals surface area contributed by atoms with Crippen LogP contribution in [0.4, 0.5) is 10.6 Å². The number of urea groups is 1. The topological polar surface area (TPSA) is 134 Å². The zero-order valence-electron chi connectivity index (χ0n) is 9.45. The lowest BCUT2D eigenvalue weighted by molar-refractivity contribution is -0.145. The summed E-state index contributed by atoms with van der Waals surface area (Å²) in [5, 5.41) is 25.4. The number of hydrogen-bond acceptors (Lipinski definition) is 4. The van der Waals surface area contributed by atoms with Gasteiger partial charge in [-0.15, -0.1) is 0 Å². The van der Waals surface area contributed by atoms with Crippen LogP contribution in [0.5, 0.6) is 0 Å². The van der Waals surface area contributed by atoms with E-state index in [0.29, 0.717) is 0 Å². The second-order valence-corrected chi connectivity index (χ2v) is 3.46. The van der Waals surface area contributed by atoms with Crippen molar-refractivity contribution in [1.29, 1.82) is 0 Å². The normalized spacial score (nSPS) is 11.6. The fourth-order valence-electron chi connectivity index (χ4n) is 1.17. The zero-order valence-corrected chi connectivity index (χ0v) is 9.45. The molecule has 1 aromatic rings. The highest BCUT2D eigenvalue weighted by Gasteiger charge is 2.23.